The van der Waals surface area contributed by atoms with Crippen molar-refractivity contribution >= 4 is 39.4 Å². The quantitative estimate of drug-likeness (QED) is 0.309. The van der Waals surface area contributed by atoms with Crippen molar-refractivity contribution in [2.75, 3.05) is 13.1 Å². The molecule has 3 aromatic heterocycles. The number of hydrogen-bond donors (Lipinski definition) is 1. The van der Waals surface area contributed by atoms with E-state index in [0.717, 1.165) is 81.5 Å². The van der Waals surface area contributed by atoms with E-state index in [0.29, 0.717) is 5.02 Å². The van der Waals surface area contributed by atoms with Crippen LogP contribution in [0.5, 0.6) is 0 Å². The Hall–Kier alpha value is -3.91. The average Bonchev–Trinajstić information content (AvgIpc) is 3.56. The number of aryl methyl sites for hydroxylation is 2. The topological polar surface area (TPSA) is 84.6 Å². The highest BCUT2D eigenvalue weighted by Crippen LogP contribution is 2.55. The summed E-state index contributed by atoms with van der Waals surface area (Å²) in [7, 11) is 2.00. The van der Waals surface area contributed by atoms with Gasteiger partial charge in [-0.15, -0.1) is 0 Å². The number of benzene rings is 2. The zero-order valence-corrected chi connectivity index (χ0v) is 22.4. The highest BCUT2D eigenvalue weighted by Gasteiger charge is 2.54. The van der Waals surface area contributed by atoms with Gasteiger partial charge in [0, 0.05) is 53.3 Å². The number of H-pyrrole nitrogens is 1. The first kappa shape index (κ1) is 23.2. The number of carbonyl (C=O) groups excluding carboxylic acids is 1. The Balaban J connectivity index is 1.36. The van der Waals surface area contributed by atoms with Crippen LogP contribution in [0.3, 0.4) is 0 Å². The molecule has 1 N–H and O–H groups in total. The third-order valence-corrected chi connectivity index (χ3v) is 8.97. The van der Waals surface area contributed by atoms with Crippen LogP contribution in [-0.2, 0) is 11.8 Å². The van der Waals surface area contributed by atoms with Crippen LogP contribution in [0.25, 0.3) is 44.3 Å². The lowest BCUT2D eigenvalue weighted by molar-refractivity contribution is -0.149. The number of fused-ring (bicyclic) bond motifs is 2. The van der Waals surface area contributed by atoms with Crippen LogP contribution in [0.1, 0.15) is 30.1 Å². The van der Waals surface area contributed by atoms with Crippen molar-refractivity contribution in [2.24, 2.45) is 12.5 Å². The predicted octanol–water partition coefficient (Wildman–Crippen LogP) is 5.60. The highest BCUT2D eigenvalue weighted by atomic mass is 35.5. The van der Waals surface area contributed by atoms with Gasteiger partial charge in [-0.05, 0) is 56.5 Å². The van der Waals surface area contributed by atoms with Crippen LogP contribution >= 0.6 is 11.6 Å². The third-order valence-electron chi connectivity index (χ3n) is 8.49. The molecule has 0 bridgehead atoms. The van der Waals surface area contributed by atoms with Crippen LogP contribution in [0, 0.1) is 19.3 Å². The van der Waals surface area contributed by atoms with Crippen molar-refractivity contribution in [3.05, 3.63) is 65.7 Å². The van der Waals surface area contributed by atoms with E-state index in [2.05, 4.69) is 51.6 Å². The zero-order chi connectivity index (χ0) is 26.3. The summed E-state index contributed by atoms with van der Waals surface area (Å²) in [6, 6.07) is 8.62. The van der Waals surface area contributed by atoms with Gasteiger partial charge in [-0.1, -0.05) is 24.2 Å². The Morgan fingerprint density at radius 1 is 1.21 bits per heavy atom. The lowest BCUT2D eigenvalue weighted by atomic mass is 9.60. The minimum absolute atomic E-state index is 0.0158. The second-order valence-corrected chi connectivity index (χ2v) is 11.4. The summed E-state index contributed by atoms with van der Waals surface area (Å²) in [4.78, 5) is 18.5. The van der Waals surface area contributed by atoms with Gasteiger partial charge in [0.2, 0.25) is 5.91 Å². The summed E-state index contributed by atoms with van der Waals surface area (Å²) in [5, 5.41) is 14.4. The molecule has 1 spiro atoms. The summed E-state index contributed by atoms with van der Waals surface area (Å²) < 4.78 is 4.20. The number of likely N-dealkylation sites (tertiary alicyclic amines) is 1. The summed E-state index contributed by atoms with van der Waals surface area (Å²) in [5.74, 6) is 0.0158. The van der Waals surface area contributed by atoms with Crippen molar-refractivity contribution in [3.8, 4) is 22.4 Å². The van der Waals surface area contributed by atoms with E-state index < -0.39 is 0 Å². The number of amides is 1. The van der Waals surface area contributed by atoms with Crippen molar-refractivity contribution in [1.29, 1.82) is 0 Å². The number of hydrogen-bond acceptors (Lipinski definition) is 4. The minimum Gasteiger partial charge on any atom is -0.338 e. The van der Waals surface area contributed by atoms with Crippen molar-refractivity contribution < 1.29 is 4.79 Å². The maximum Gasteiger partial charge on any atom is 0.245 e. The van der Waals surface area contributed by atoms with Crippen molar-refractivity contribution in [2.45, 2.75) is 32.7 Å². The number of imidazole rings is 1. The molecule has 0 radical (unpaired) electrons. The Morgan fingerprint density at radius 3 is 2.76 bits per heavy atom. The van der Waals surface area contributed by atoms with Crippen LogP contribution in [-0.4, -0.2) is 53.4 Å². The molecule has 192 valence electrons. The molecule has 2 fully saturated rings. The summed E-state index contributed by atoms with van der Waals surface area (Å²) in [6.07, 6.45) is 7.07. The molecule has 8 nitrogen and oxygen atoms in total. The fraction of sp³-hybridized carbons (Fsp3) is 0.310. The number of carbonyl (C=O) groups is 1. The van der Waals surface area contributed by atoms with E-state index in [4.69, 9.17) is 16.7 Å². The Labute approximate surface area is 224 Å². The largest absolute Gasteiger partial charge is 0.338 e. The molecule has 1 amide bonds. The van der Waals surface area contributed by atoms with Gasteiger partial charge in [-0.2, -0.15) is 10.2 Å². The molecule has 4 heterocycles. The lowest BCUT2D eigenvalue weighted by Gasteiger charge is -2.58. The second-order valence-electron chi connectivity index (χ2n) is 11.0. The van der Waals surface area contributed by atoms with Gasteiger partial charge in [0.1, 0.15) is 5.69 Å². The molecule has 2 aliphatic rings. The normalized spacial score (nSPS) is 16.8. The lowest BCUT2D eigenvalue weighted by Crippen LogP contribution is -2.63. The molecule has 38 heavy (non-hydrogen) atoms. The Kier molecular flexibility index (Phi) is 4.92. The maximum absolute atomic E-state index is 12.0. The standard InChI is InChI=1S/C29H28ClN7O/c1-5-24(38)36-13-29(14-36)10-19(11-29)37-17(3)25(26-20-12-32-33-21(20)8-16(2)27(26)30)28(34-37)18-6-7-23-22(9-18)31-15-35(23)4/h5-9,12,15,19H,1,10-11,13-14H2,2-4H3,(H,32,33). The first-order valence-electron chi connectivity index (χ1n) is 12.8. The molecule has 1 aliphatic heterocycles. The molecular formula is C29H28ClN7O. The highest BCUT2D eigenvalue weighted by molar-refractivity contribution is 6.36. The van der Waals surface area contributed by atoms with E-state index in [1.807, 2.05) is 42.0 Å². The number of halogens is 1. The molecule has 1 saturated heterocycles. The summed E-state index contributed by atoms with van der Waals surface area (Å²) in [6.45, 7) is 9.37. The van der Waals surface area contributed by atoms with Gasteiger partial charge < -0.3 is 9.47 Å². The van der Waals surface area contributed by atoms with E-state index in [1.54, 1.807) is 0 Å². The summed E-state index contributed by atoms with van der Waals surface area (Å²) >= 11 is 7.03. The number of nitrogens with zero attached hydrogens (tertiary/aromatic N) is 6. The van der Waals surface area contributed by atoms with Gasteiger partial charge in [0.15, 0.2) is 0 Å². The average molecular weight is 526 g/mol. The fourth-order valence-electron chi connectivity index (χ4n) is 6.52. The Morgan fingerprint density at radius 2 is 2.00 bits per heavy atom. The van der Waals surface area contributed by atoms with Crippen LogP contribution < -0.4 is 0 Å². The van der Waals surface area contributed by atoms with Gasteiger partial charge in [-0.3, -0.25) is 14.6 Å². The molecular weight excluding hydrogens is 498 g/mol. The van der Waals surface area contributed by atoms with Gasteiger partial charge in [0.25, 0.3) is 0 Å². The van der Waals surface area contributed by atoms with Crippen molar-refractivity contribution in [1.82, 2.24) is 34.4 Å². The predicted molar refractivity (Wildman–Crippen MR) is 149 cm³/mol. The molecule has 0 atom stereocenters. The summed E-state index contributed by atoms with van der Waals surface area (Å²) in [5.41, 5.74) is 9.07. The van der Waals surface area contributed by atoms with Gasteiger partial charge in [0.05, 0.1) is 40.1 Å². The van der Waals surface area contributed by atoms with E-state index in [1.165, 1.54) is 6.08 Å². The van der Waals surface area contributed by atoms with E-state index >= 15 is 0 Å². The van der Waals surface area contributed by atoms with E-state index in [-0.39, 0.29) is 17.4 Å². The van der Waals surface area contributed by atoms with Gasteiger partial charge in [-0.25, -0.2) is 4.98 Å². The molecule has 2 aromatic carbocycles. The smallest absolute Gasteiger partial charge is 0.245 e. The zero-order valence-electron chi connectivity index (χ0n) is 21.6. The van der Waals surface area contributed by atoms with E-state index in [9.17, 15) is 4.79 Å². The number of aromatic amines is 1. The first-order valence-corrected chi connectivity index (χ1v) is 13.2. The third kappa shape index (κ3) is 3.22. The first-order chi connectivity index (χ1) is 18.3. The van der Waals surface area contributed by atoms with Crippen LogP contribution in [0.15, 0.2) is 49.4 Å². The van der Waals surface area contributed by atoms with Crippen LogP contribution in [0.4, 0.5) is 0 Å². The number of aromatic nitrogens is 6. The molecule has 5 aromatic rings. The number of rotatable bonds is 4. The second kappa shape index (κ2) is 8.04. The van der Waals surface area contributed by atoms with Crippen LogP contribution in [0.2, 0.25) is 5.02 Å². The molecule has 7 rings (SSSR count). The number of nitrogens with one attached hydrogen (secondary N) is 1. The molecule has 1 saturated carbocycles. The monoisotopic (exact) mass is 525 g/mol. The molecule has 0 unspecified atom stereocenters. The maximum atomic E-state index is 12.0. The SMILES string of the molecule is C=CC(=O)N1CC2(CC(n3nc(-c4ccc5c(c4)ncn5C)c(-c4c(Cl)c(C)cc5[nH]ncc45)c3C)C2)C1. The fourth-order valence-corrected chi connectivity index (χ4v) is 6.77. The molecule has 1 aliphatic carbocycles. The van der Waals surface area contributed by atoms with Crippen molar-refractivity contribution in [3.63, 3.8) is 0 Å². The Bertz CT molecular complexity index is 1780. The molecule has 9 heteroatoms. The van der Waals surface area contributed by atoms with Gasteiger partial charge >= 0.3 is 0 Å². The minimum atomic E-state index is 0.0158.